The van der Waals surface area contributed by atoms with E-state index in [2.05, 4.69) is 10.0 Å². The fraction of sp³-hybridized carbons (Fsp3) is 0.235. The molecule has 6 nitrogen and oxygen atoms in total. The van der Waals surface area contributed by atoms with Crippen LogP contribution in [0.1, 0.15) is 12.5 Å². The molecule has 0 aliphatic rings. The number of benzene rings is 2. The first-order chi connectivity index (χ1) is 11.4. The second kappa shape index (κ2) is 7.83. The number of aryl methyl sites for hydroxylation is 1. The molecule has 0 aliphatic carbocycles. The molecule has 1 amide bonds. The number of rotatable bonds is 7. The van der Waals surface area contributed by atoms with Crippen molar-refractivity contribution in [2.45, 2.75) is 13.8 Å². The summed E-state index contributed by atoms with van der Waals surface area (Å²) in [5.74, 6) is 0.333. The topological polar surface area (TPSA) is 84.5 Å². The van der Waals surface area contributed by atoms with Crippen molar-refractivity contribution in [1.29, 1.82) is 0 Å². The predicted octanol–water partition coefficient (Wildman–Crippen LogP) is 2.77. The van der Waals surface area contributed by atoms with Crippen LogP contribution in [0, 0.1) is 6.92 Å². The number of carbonyl (C=O) groups excluding carboxylic acids is 1. The number of hydrogen-bond acceptors (Lipinski definition) is 4. The van der Waals surface area contributed by atoms with Gasteiger partial charge < -0.3 is 10.1 Å². The van der Waals surface area contributed by atoms with Gasteiger partial charge in [-0.1, -0.05) is 17.7 Å². The molecule has 0 spiro atoms. The molecule has 0 unspecified atom stereocenters. The van der Waals surface area contributed by atoms with Crippen LogP contribution in [0.3, 0.4) is 0 Å². The quantitative estimate of drug-likeness (QED) is 0.806. The molecule has 2 aromatic carbocycles. The van der Waals surface area contributed by atoms with Gasteiger partial charge in [0.25, 0.3) is 5.91 Å². The average molecular weight is 348 g/mol. The van der Waals surface area contributed by atoms with E-state index in [0.717, 1.165) is 5.56 Å². The van der Waals surface area contributed by atoms with E-state index in [-0.39, 0.29) is 18.3 Å². The highest BCUT2D eigenvalue weighted by atomic mass is 32.2. The SMILES string of the molecule is CCS(=O)(=O)Nc1ccc(NC(=O)COc2ccc(C)cc2)cc1. The zero-order valence-corrected chi connectivity index (χ0v) is 14.4. The number of amides is 1. The summed E-state index contributed by atoms with van der Waals surface area (Å²) in [6, 6.07) is 13.8. The Balaban J connectivity index is 1.86. The molecule has 2 aromatic rings. The summed E-state index contributed by atoms with van der Waals surface area (Å²) >= 11 is 0. The molecule has 0 aliphatic heterocycles. The van der Waals surface area contributed by atoms with Gasteiger partial charge in [-0.15, -0.1) is 0 Å². The smallest absolute Gasteiger partial charge is 0.262 e. The zero-order chi connectivity index (χ0) is 17.6. The van der Waals surface area contributed by atoms with Crippen molar-refractivity contribution in [3.63, 3.8) is 0 Å². The van der Waals surface area contributed by atoms with Crippen molar-refractivity contribution in [3.8, 4) is 5.75 Å². The van der Waals surface area contributed by atoms with Crippen LogP contribution in [0.15, 0.2) is 48.5 Å². The third kappa shape index (κ3) is 5.58. The first-order valence-electron chi connectivity index (χ1n) is 7.48. The molecule has 0 atom stereocenters. The third-order valence-electron chi connectivity index (χ3n) is 3.21. The van der Waals surface area contributed by atoms with Gasteiger partial charge in [0, 0.05) is 11.4 Å². The molecular weight excluding hydrogens is 328 g/mol. The lowest BCUT2D eigenvalue weighted by molar-refractivity contribution is -0.118. The van der Waals surface area contributed by atoms with Gasteiger partial charge in [0.1, 0.15) is 5.75 Å². The molecule has 0 radical (unpaired) electrons. The van der Waals surface area contributed by atoms with Crippen LogP contribution in [0.5, 0.6) is 5.75 Å². The maximum absolute atomic E-state index is 11.9. The van der Waals surface area contributed by atoms with Crippen molar-refractivity contribution < 1.29 is 17.9 Å². The van der Waals surface area contributed by atoms with Crippen molar-refractivity contribution in [1.82, 2.24) is 0 Å². The second-order valence-corrected chi connectivity index (χ2v) is 7.24. The summed E-state index contributed by atoms with van der Waals surface area (Å²) in [6.45, 7) is 3.43. The molecule has 7 heteroatoms. The van der Waals surface area contributed by atoms with E-state index in [9.17, 15) is 13.2 Å². The monoisotopic (exact) mass is 348 g/mol. The highest BCUT2D eigenvalue weighted by Gasteiger charge is 2.07. The predicted molar refractivity (Wildman–Crippen MR) is 94.8 cm³/mol. The zero-order valence-electron chi connectivity index (χ0n) is 13.6. The Morgan fingerprint density at radius 2 is 1.58 bits per heavy atom. The molecule has 128 valence electrons. The van der Waals surface area contributed by atoms with E-state index in [1.165, 1.54) is 0 Å². The minimum absolute atomic E-state index is 0.00182. The van der Waals surface area contributed by atoms with Gasteiger partial charge in [-0.2, -0.15) is 0 Å². The van der Waals surface area contributed by atoms with Gasteiger partial charge in [-0.3, -0.25) is 9.52 Å². The van der Waals surface area contributed by atoms with Crippen molar-refractivity contribution in [3.05, 3.63) is 54.1 Å². The number of anilines is 2. The van der Waals surface area contributed by atoms with Crippen LogP contribution in [-0.4, -0.2) is 26.7 Å². The Kier molecular flexibility index (Phi) is 5.81. The molecule has 0 fully saturated rings. The molecule has 2 rings (SSSR count). The van der Waals surface area contributed by atoms with Crippen molar-refractivity contribution >= 4 is 27.3 Å². The summed E-state index contributed by atoms with van der Waals surface area (Å²) in [5, 5.41) is 2.69. The first-order valence-corrected chi connectivity index (χ1v) is 9.13. The van der Waals surface area contributed by atoms with E-state index < -0.39 is 10.0 Å². The maximum atomic E-state index is 11.9. The fourth-order valence-corrected chi connectivity index (χ4v) is 2.49. The second-order valence-electron chi connectivity index (χ2n) is 5.23. The van der Waals surface area contributed by atoms with Crippen LogP contribution >= 0.6 is 0 Å². The lowest BCUT2D eigenvalue weighted by Crippen LogP contribution is -2.20. The lowest BCUT2D eigenvalue weighted by atomic mass is 10.2. The van der Waals surface area contributed by atoms with Gasteiger partial charge in [-0.05, 0) is 50.2 Å². The van der Waals surface area contributed by atoms with E-state index in [1.807, 2.05) is 19.1 Å². The van der Waals surface area contributed by atoms with Gasteiger partial charge in [0.15, 0.2) is 6.61 Å². The molecule has 24 heavy (non-hydrogen) atoms. The number of hydrogen-bond donors (Lipinski definition) is 2. The molecule has 2 N–H and O–H groups in total. The average Bonchev–Trinajstić information content (AvgIpc) is 2.56. The van der Waals surface area contributed by atoms with Crippen LogP contribution in [0.2, 0.25) is 0 Å². The summed E-state index contributed by atoms with van der Waals surface area (Å²) in [5.41, 5.74) is 2.13. The normalized spacial score (nSPS) is 10.9. The molecule has 0 saturated carbocycles. The number of ether oxygens (including phenoxy) is 1. The summed E-state index contributed by atoms with van der Waals surface area (Å²) in [4.78, 5) is 11.9. The largest absolute Gasteiger partial charge is 0.484 e. The number of carbonyl (C=O) groups is 1. The molecule has 0 aromatic heterocycles. The summed E-state index contributed by atoms with van der Waals surface area (Å²) in [7, 11) is -3.31. The van der Waals surface area contributed by atoms with E-state index >= 15 is 0 Å². The number of sulfonamides is 1. The van der Waals surface area contributed by atoms with Gasteiger partial charge >= 0.3 is 0 Å². The van der Waals surface area contributed by atoms with Crippen LogP contribution in [0.25, 0.3) is 0 Å². The van der Waals surface area contributed by atoms with E-state index in [4.69, 9.17) is 4.74 Å². The van der Waals surface area contributed by atoms with E-state index in [0.29, 0.717) is 17.1 Å². The minimum Gasteiger partial charge on any atom is -0.484 e. The molecular formula is C17H20N2O4S. The Bertz CT molecular complexity index is 784. The summed E-state index contributed by atoms with van der Waals surface area (Å²) in [6.07, 6.45) is 0. The van der Waals surface area contributed by atoms with Gasteiger partial charge in [0.05, 0.1) is 5.75 Å². The van der Waals surface area contributed by atoms with Gasteiger partial charge in [0.2, 0.25) is 10.0 Å². The third-order valence-corrected chi connectivity index (χ3v) is 4.52. The fourth-order valence-electron chi connectivity index (χ4n) is 1.85. The van der Waals surface area contributed by atoms with Crippen LogP contribution in [-0.2, 0) is 14.8 Å². The Labute approximate surface area is 141 Å². The summed E-state index contributed by atoms with van der Waals surface area (Å²) < 4.78 is 30.8. The molecule has 0 bridgehead atoms. The molecule has 0 heterocycles. The van der Waals surface area contributed by atoms with Crippen molar-refractivity contribution in [2.24, 2.45) is 0 Å². The van der Waals surface area contributed by atoms with Gasteiger partial charge in [-0.25, -0.2) is 8.42 Å². The highest BCUT2D eigenvalue weighted by molar-refractivity contribution is 7.92. The highest BCUT2D eigenvalue weighted by Crippen LogP contribution is 2.15. The first kappa shape index (κ1) is 17.8. The minimum atomic E-state index is -3.31. The van der Waals surface area contributed by atoms with Crippen LogP contribution in [0.4, 0.5) is 11.4 Å². The van der Waals surface area contributed by atoms with E-state index in [1.54, 1.807) is 43.3 Å². The Morgan fingerprint density at radius 3 is 2.17 bits per heavy atom. The standard InChI is InChI=1S/C17H20N2O4S/c1-3-24(21,22)19-15-8-6-14(7-9-15)18-17(20)12-23-16-10-4-13(2)5-11-16/h4-11,19H,3,12H2,1-2H3,(H,18,20). The maximum Gasteiger partial charge on any atom is 0.262 e. The van der Waals surface area contributed by atoms with Crippen LogP contribution < -0.4 is 14.8 Å². The lowest BCUT2D eigenvalue weighted by Gasteiger charge is -2.09. The molecule has 0 saturated heterocycles. The number of nitrogens with one attached hydrogen (secondary N) is 2. The van der Waals surface area contributed by atoms with Crippen molar-refractivity contribution in [2.75, 3.05) is 22.4 Å². The Hall–Kier alpha value is -2.54. The Morgan fingerprint density at radius 1 is 1.00 bits per heavy atom.